The molecular weight excluding hydrogens is 546 g/mol. The summed E-state index contributed by atoms with van der Waals surface area (Å²) in [7, 11) is -6.89. The highest BCUT2D eigenvalue weighted by molar-refractivity contribution is 7.93. The van der Waals surface area contributed by atoms with E-state index in [2.05, 4.69) is 0 Å². The number of hydrogen-bond acceptors (Lipinski definition) is 4. The number of hydrogen-bond donors (Lipinski definition) is 2. The van der Waals surface area contributed by atoms with E-state index in [1.54, 1.807) is 30.3 Å². The van der Waals surface area contributed by atoms with Gasteiger partial charge in [0.1, 0.15) is 0 Å². The predicted molar refractivity (Wildman–Crippen MR) is 143 cm³/mol. The molecule has 0 atom stereocenters. The quantitative estimate of drug-likeness (QED) is 0.333. The first kappa shape index (κ1) is 28.4. The standard InChI is InChI=1S/C24H27Cl2N2O6PS/c1-5-24(6-2,35(30,31)32)28(36(33,34)19-14-17(25)13-18(26)15-19)22-20-10-8-7-9-16(20)11-12-21(22)23(29)27(3)4/h7-15H,5-6H2,1-4H3,(H2,30,31,32). The zero-order valence-corrected chi connectivity index (χ0v) is 23.4. The van der Waals surface area contributed by atoms with Gasteiger partial charge in [-0.2, -0.15) is 0 Å². The summed E-state index contributed by atoms with van der Waals surface area (Å²) in [6.45, 7) is 2.99. The molecular formula is C24H27Cl2N2O6PS. The molecule has 0 radical (unpaired) electrons. The number of amides is 1. The van der Waals surface area contributed by atoms with Crippen LogP contribution in [0.25, 0.3) is 10.8 Å². The maximum absolute atomic E-state index is 14.4. The molecule has 0 unspecified atom stereocenters. The number of halogens is 2. The number of carbonyl (C=O) groups excluding carboxylic acids is 1. The molecule has 0 fully saturated rings. The van der Waals surface area contributed by atoms with Crippen molar-refractivity contribution in [1.29, 1.82) is 0 Å². The molecule has 36 heavy (non-hydrogen) atoms. The summed E-state index contributed by atoms with van der Waals surface area (Å²) < 4.78 is 42.6. The highest BCUT2D eigenvalue weighted by Gasteiger charge is 2.55. The van der Waals surface area contributed by atoms with Crippen molar-refractivity contribution < 1.29 is 27.6 Å². The number of nitrogens with zero attached hydrogens (tertiary/aromatic N) is 2. The summed E-state index contributed by atoms with van der Waals surface area (Å²) in [6.07, 6.45) is -0.500. The molecule has 0 aliphatic rings. The number of fused-ring (bicyclic) bond motifs is 1. The molecule has 0 heterocycles. The Bertz CT molecular complexity index is 1450. The molecule has 0 aromatic heterocycles. The van der Waals surface area contributed by atoms with Gasteiger partial charge in [0, 0.05) is 29.5 Å². The number of rotatable bonds is 8. The highest BCUT2D eigenvalue weighted by atomic mass is 35.5. The molecule has 0 bridgehead atoms. The average molecular weight is 573 g/mol. The summed E-state index contributed by atoms with van der Waals surface area (Å²) in [5.41, 5.74) is -0.162. The molecule has 12 heteroatoms. The average Bonchev–Trinajstić information content (AvgIpc) is 2.80. The molecule has 194 valence electrons. The molecule has 2 N–H and O–H groups in total. The van der Waals surface area contributed by atoms with Crippen molar-refractivity contribution >= 4 is 63.2 Å². The van der Waals surface area contributed by atoms with Crippen molar-refractivity contribution in [2.24, 2.45) is 0 Å². The van der Waals surface area contributed by atoms with Gasteiger partial charge in [0.25, 0.3) is 15.9 Å². The summed E-state index contributed by atoms with van der Waals surface area (Å²) >= 11 is 12.2. The van der Waals surface area contributed by atoms with Gasteiger partial charge in [-0.05, 0) is 42.5 Å². The minimum absolute atomic E-state index is 0.0262. The first-order valence-electron chi connectivity index (χ1n) is 11.0. The Kier molecular flexibility index (Phi) is 8.16. The predicted octanol–water partition coefficient (Wildman–Crippen LogP) is 5.74. The largest absolute Gasteiger partial charge is 0.351 e. The second-order valence-corrected chi connectivity index (χ2v) is 13.1. The summed E-state index contributed by atoms with van der Waals surface area (Å²) in [5, 5.41) is -1.25. The van der Waals surface area contributed by atoms with E-state index in [0.717, 1.165) is 16.4 Å². The van der Waals surface area contributed by atoms with Crippen LogP contribution in [0.2, 0.25) is 10.0 Å². The SMILES string of the molecule is CCC(CC)(N(c1c(C(=O)N(C)C)ccc2ccccc12)S(=O)(=O)c1cc(Cl)cc(Cl)c1)P(=O)(O)O. The van der Waals surface area contributed by atoms with Crippen LogP contribution in [0, 0.1) is 0 Å². The van der Waals surface area contributed by atoms with Crippen LogP contribution < -0.4 is 4.31 Å². The van der Waals surface area contributed by atoms with E-state index in [1.807, 2.05) is 0 Å². The molecule has 1 amide bonds. The van der Waals surface area contributed by atoms with Crippen LogP contribution in [0.5, 0.6) is 0 Å². The monoisotopic (exact) mass is 572 g/mol. The molecule has 8 nitrogen and oxygen atoms in total. The van der Waals surface area contributed by atoms with Gasteiger partial charge in [0.2, 0.25) is 0 Å². The lowest BCUT2D eigenvalue weighted by atomic mass is 10.0. The zero-order valence-electron chi connectivity index (χ0n) is 20.1. The fourth-order valence-corrected chi connectivity index (χ4v) is 8.65. The van der Waals surface area contributed by atoms with E-state index in [0.29, 0.717) is 10.8 Å². The molecule has 3 rings (SSSR count). The van der Waals surface area contributed by atoms with E-state index in [-0.39, 0.29) is 39.0 Å². The van der Waals surface area contributed by atoms with Crippen molar-refractivity contribution in [1.82, 2.24) is 4.90 Å². The molecule has 3 aromatic carbocycles. The van der Waals surface area contributed by atoms with Crippen molar-refractivity contribution in [2.45, 2.75) is 36.9 Å². The maximum Gasteiger partial charge on any atom is 0.351 e. The number of sulfonamides is 1. The third-order valence-corrected chi connectivity index (χ3v) is 10.5. The van der Waals surface area contributed by atoms with Crippen LogP contribution in [0.4, 0.5) is 5.69 Å². The Balaban J connectivity index is 2.62. The normalized spacial score (nSPS) is 12.6. The lowest BCUT2D eigenvalue weighted by molar-refractivity contribution is 0.0828. The van der Waals surface area contributed by atoms with Gasteiger partial charge in [-0.3, -0.25) is 9.36 Å². The van der Waals surface area contributed by atoms with Crippen molar-refractivity contribution in [3.05, 3.63) is 70.2 Å². The van der Waals surface area contributed by atoms with Gasteiger partial charge in [-0.1, -0.05) is 67.4 Å². The fourth-order valence-electron chi connectivity index (χ4n) is 4.29. The molecule has 0 spiro atoms. The van der Waals surface area contributed by atoms with E-state index in [4.69, 9.17) is 23.2 Å². The van der Waals surface area contributed by atoms with Crippen LogP contribution in [0.1, 0.15) is 37.0 Å². The van der Waals surface area contributed by atoms with E-state index in [9.17, 15) is 27.6 Å². The third-order valence-electron chi connectivity index (χ3n) is 6.17. The third kappa shape index (κ3) is 4.88. The lowest BCUT2D eigenvalue weighted by Crippen LogP contribution is -2.52. The summed E-state index contributed by atoms with van der Waals surface area (Å²) in [6, 6.07) is 13.5. The van der Waals surface area contributed by atoms with Crippen molar-refractivity contribution in [3.8, 4) is 0 Å². The highest BCUT2D eigenvalue weighted by Crippen LogP contribution is 2.60. The minimum atomic E-state index is -5.16. The second kappa shape index (κ2) is 10.3. The van der Waals surface area contributed by atoms with Gasteiger partial charge >= 0.3 is 7.60 Å². The first-order valence-corrected chi connectivity index (χ1v) is 14.8. The molecule has 0 saturated carbocycles. The molecule has 3 aromatic rings. The summed E-state index contributed by atoms with van der Waals surface area (Å²) in [5.74, 6) is -0.535. The van der Waals surface area contributed by atoms with E-state index < -0.39 is 28.8 Å². The molecule has 0 saturated heterocycles. The Morgan fingerprint density at radius 3 is 2.03 bits per heavy atom. The maximum atomic E-state index is 14.4. The summed E-state index contributed by atoms with van der Waals surface area (Å²) in [4.78, 5) is 35.5. The van der Waals surface area contributed by atoms with Gasteiger partial charge in [-0.15, -0.1) is 0 Å². The van der Waals surface area contributed by atoms with E-state index in [1.165, 1.54) is 45.0 Å². The van der Waals surface area contributed by atoms with Crippen LogP contribution in [-0.4, -0.2) is 48.4 Å². The van der Waals surface area contributed by atoms with Gasteiger partial charge in [-0.25, -0.2) is 12.7 Å². The second-order valence-electron chi connectivity index (χ2n) is 8.49. The van der Waals surface area contributed by atoms with Crippen molar-refractivity contribution in [2.75, 3.05) is 18.4 Å². The Morgan fingerprint density at radius 2 is 1.53 bits per heavy atom. The molecule has 0 aliphatic carbocycles. The van der Waals surface area contributed by atoms with Gasteiger partial charge < -0.3 is 14.7 Å². The lowest BCUT2D eigenvalue weighted by Gasteiger charge is -2.44. The fraction of sp³-hybridized carbons (Fsp3) is 0.292. The van der Waals surface area contributed by atoms with Gasteiger partial charge in [0.05, 0.1) is 16.1 Å². The van der Waals surface area contributed by atoms with Crippen LogP contribution in [0.3, 0.4) is 0 Å². The Hall–Kier alpha value is -2.13. The van der Waals surface area contributed by atoms with Crippen LogP contribution in [0.15, 0.2) is 59.5 Å². The van der Waals surface area contributed by atoms with Crippen LogP contribution >= 0.6 is 30.8 Å². The number of anilines is 1. The first-order chi connectivity index (χ1) is 16.7. The van der Waals surface area contributed by atoms with Gasteiger partial charge in [0.15, 0.2) is 5.28 Å². The van der Waals surface area contributed by atoms with Crippen molar-refractivity contribution in [3.63, 3.8) is 0 Å². The minimum Gasteiger partial charge on any atom is -0.345 e. The number of benzene rings is 3. The van der Waals surface area contributed by atoms with E-state index >= 15 is 0 Å². The smallest absolute Gasteiger partial charge is 0.345 e. The Labute approximate surface area is 220 Å². The topological polar surface area (TPSA) is 115 Å². The Morgan fingerprint density at radius 1 is 0.972 bits per heavy atom. The number of carbonyl (C=O) groups is 1. The molecule has 0 aliphatic heterocycles. The zero-order chi connectivity index (χ0) is 27.1. The van der Waals surface area contributed by atoms with Crippen LogP contribution in [-0.2, 0) is 14.6 Å².